The number of aryl methyl sites for hydroxylation is 1. The zero-order valence-electron chi connectivity index (χ0n) is 12.0. The van der Waals surface area contributed by atoms with Gasteiger partial charge >= 0.3 is 0 Å². The maximum Gasteiger partial charge on any atom is 0.259 e. The van der Waals surface area contributed by atoms with Crippen LogP contribution in [0.1, 0.15) is 17.6 Å². The minimum Gasteiger partial charge on any atom is -0.379 e. The fraction of sp³-hybridized carbons (Fsp3) is 0.500. The Bertz CT molecular complexity index is 577. The topological polar surface area (TPSA) is 90.3 Å². The number of rotatable bonds is 4. The molecule has 7 nitrogen and oxygen atoms in total. The summed E-state index contributed by atoms with van der Waals surface area (Å²) in [6.07, 6.45) is 1.72. The van der Waals surface area contributed by atoms with Crippen molar-refractivity contribution in [2.75, 3.05) is 32.8 Å². The van der Waals surface area contributed by atoms with Gasteiger partial charge in [-0.3, -0.25) is 9.88 Å². The van der Waals surface area contributed by atoms with E-state index >= 15 is 0 Å². The highest BCUT2D eigenvalue weighted by molar-refractivity contribution is 5.50. The number of aromatic nitrogens is 3. The fourth-order valence-electron chi connectivity index (χ4n) is 2.24. The van der Waals surface area contributed by atoms with Crippen LogP contribution in [-0.4, -0.2) is 52.9 Å². The number of hydrogen-bond donors (Lipinski definition) is 1. The minimum absolute atomic E-state index is 0.265. The summed E-state index contributed by atoms with van der Waals surface area (Å²) in [4.78, 5) is 10.8. The van der Waals surface area contributed by atoms with E-state index in [1.54, 1.807) is 6.20 Å². The smallest absolute Gasteiger partial charge is 0.259 e. The third-order valence-corrected chi connectivity index (χ3v) is 3.49. The number of nitrogens with zero attached hydrogens (tertiary/aromatic N) is 4. The predicted octanol–water partition coefficient (Wildman–Crippen LogP) is 0.772. The number of morpholine rings is 1. The third-order valence-electron chi connectivity index (χ3n) is 3.49. The SMILES string of the molecule is Cc1ccc(-c2nc(C(N)CN3CCOCC3)no2)cn1. The van der Waals surface area contributed by atoms with Crippen molar-refractivity contribution < 1.29 is 9.26 Å². The van der Waals surface area contributed by atoms with Gasteiger partial charge in [0.05, 0.1) is 24.8 Å². The van der Waals surface area contributed by atoms with E-state index in [1.165, 1.54) is 0 Å². The molecular weight excluding hydrogens is 270 g/mol. The molecular formula is C14H19N5O2. The van der Waals surface area contributed by atoms with Gasteiger partial charge in [0.15, 0.2) is 5.82 Å². The molecule has 1 aliphatic rings. The van der Waals surface area contributed by atoms with Crippen LogP contribution < -0.4 is 5.73 Å². The second-order valence-corrected chi connectivity index (χ2v) is 5.17. The first kappa shape index (κ1) is 14.1. The Morgan fingerprint density at radius 1 is 1.33 bits per heavy atom. The molecule has 1 unspecified atom stereocenters. The van der Waals surface area contributed by atoms with Gasteiger partial charge in [-0.2, -0.15) is 4.98 Å². The zero-order valence-corrected chi connectivity index (χ0v) is 12.0. The summed E-state index contributed by atoms with van der Waals surface area (Å²) in [7, 11) is 0. The Balaban J connectivity index is 1.67. The van der Waals surface area contributed by atoms with Crippen molar-refractivity contribution in [1.82, 2.24) is 20.0 Å². The molecule has 1 fully saturated rings. The molecule has 1 atom stereocenters. The Morgan fingerprint density at radius 3 is 2.86 bits per heavy atom. The summed E-state index contributed by atoms with van der Waals surface area (Å²) in [5, 5.41) is 3.98. The average Bonchev–Trinajstić information content (AvgIpc) is 2.99. The quantitative estimate of drug-likeness (QED) is 0.889. The van der Waals surface area contributed by atoms with Gasteiger partial charge in [-0.15, -0.1) is 0 Å². The molecule has 0 aliphatic carbocycles. The number of ether oxygens (including phenoxy) is 1. The second-order valence-electron chi connectivity index (χ2n) is 5.17. The van der Waals surface area contributed by atoms with Crippen molar-refractivity contribution in [2.45, 2.75) is 13.0 Å². The Hall–Kier alpha value is -1.83. The minimum atomic E-state index is -0.265. The number of nitrogens with two attached hydrogens (primary N) is 1. The summed E-state index contributed by atoms with van der Waals surface area (Å²) in [6, 6.07) is 3.55. The van der Waals surface area contributed by atoms with Gasteiger partial charge in [0.1, 0.15) is 0 Å². The standard InChI is InChI=1S/C14H19N5O2/c1-10-2-3-11(8-16-10)14-17-13(18-21-14)12(15)9-19-4-6-20-7-5-19/h2-3,8,12H,4-7,9,15H2,1H3. The van der Waals surface area contributed by atoms with E-state index in [1.807, 2.05) is 19.1 Å². The Kier molecular flexibility index (Phi) is 4.23. The summed E-state index contributed by atoms with van der Waals surface area (Å²) in [5.74, 6) is 0.979. The fourth-order valence-corrected chi connectivity index (χ4v) is 2.24. The second kappa shape index (κ2) is 6.30. The molecule has 0 saturated carbocycles. The molecule has 21 heavy (non-hydrogen) atoms. The molecule has 0 radical (unpaired) electrons. The number of hydrogen-bond acceptors (Lipinski definition) is 7. The highest BCUT2D eigenvalue weighted by atomic mass is 16.5. The molecule has 0 amide bonds. The van der Waals surface area contributed by atoms with Crippen molar-refractivity contribution in [2.24, 2.45) is 5.73 Å². The highest BCUT2D eigenvalue weighted by Gasteiger charge is 2.20. The van der Waals surface area contributed by atoms with Crippen molar-refractivity contribution in [3.05, 3.63) is 29.8 Å². The monoisotopic (exact) mass is 289 g/mol. The highest BCUT2D eigenvalue weighted by Crippen LogP contribution is 2.18. The molecule has 7 heteroatoms. The molecule has 3 heterocycles. The van der Waals surface area contributed by atoms with Gasteiger partial charge in [-0.1, -0.05) is 5.16 Å². The molecule has 2 aromatic rings. The summed E-state index contributed by atoms with van der Waals surface area (Å²) in [6.45, 7) is 5.91. The van der Waals surface area contributed by atoms with Crippen molar-refractivity contribution in [3.63, 3.8) is 0 Å². The van der Waals surface area contributed by atoms with Crippen molar-refractivity contribution >= 4 is 0 Å². The van der Waals surface area contributed by atoms with Crippen LogP contribution in [0.5, 0.6) is 0 Å². The summed E-state index contributed by atoms with van der Waals surface area (Å²) in [5.41, 5.74) is 7.91. The van der Waals surface area contributed by atoms with Crippen molar-refractivity contribution in [1.29, 1.82) is 0 Å². The maximum atomic E-state index is 6.16. The number of pyridine rings is 1. The molecule has 0 spiro atoms. The van der Waals surface area contributed by atoms with Crippen LogP contribution >= 0.6 is 0 Å². The van der Waals surface area contributed by atoms with Crippen molar-refractivity contribution in [3.8, 4) is 11.5 Å². The summed E-state index contributed by atoms with van der Waals surface area (Å²) >= 11 is 0. The van der Waals surface area contributed by atoms with Gasteiger partial charge in [-0.25, -0.2) is 0 Å². The first-order valence-corrected chi connectivity index (χ1v) is 7.04. The van der Waals surface area contributed by atoms with Gasteiger partial charge in [-0.05, 0) is 19.1 Å². The molecule has 2 N–H and O–H groups in total. The van der Waals surface area contributed by atoms with E-state index in [0.717, 1.165) is 37.6 Å². The molecule has 3 rings (SSSR count). The maximum absolute atomic E-state index is 6.16. The van der Waals surface area contributed by atoms with Crippen LogP contribution in [0.3, 0.4) is 0 Å². The van der Waals surface area contributed by atoms with E-state index < -0.39 is 0 Å². The van der Waals surface area contributed by atoms with E-state index in [-0.39, 0.29) is 6.04 Å². The van der Waals surface area contributed by atoms with Crippen LogP contribution in [0.2, 0.25) is 0 Å². The lowest BCUT2D eigenvalue weighted by atomic mass is 10.2. The van der Waals surface area contributed by atoms with E-state index in [2.05, 4.69) is 20.0 Å². The van der Waals surface area contributed by atoms with Gasteiger partial charge in [0.2, 0.25) is 0 Å². The first-order chi connectivity index (χ1) is 10.2. The molecule has 2 aromatic heterocycles. The van der Waals surface area contributed by atoms with Crippen LogP contribution in [-0.2, 0) is 4.74 Å². The zero-order chi connectivity index (χ0) is 14.7. The lowest BCUT2D eigenvalue weighted by Gasteiger charge is -2.27. The molecule has 112 valence electrons. The molecule has 0 aromatic carbocycles. The third kappa shape index (κ3) is 3.44. The van der Waals surface area contributed by atoms with Crippen LogP contribution in [0, 0.1) is 6.92 Å². The van der Waals surface area contributed by atoms with Crippen LogP contribution in [0.15, 0.2) is 22.9 Å². The molecule has 1 aliphatic heterocycles. The lowest BCUT2D eigenvalue weighted by Crippen LogP contribution is -2.40. The van der Waals surface area contributed by atoms with Gasteiger partial charge < -0.3 is 15.0 Å². The normalized spacial score (nSPS) is 17.8. The van der Waals surface area contributed by atoms with Gasteiger partial charge in [0, 0.05) is 31.5 Å². The Morgan fingerprint density at radius 2 is 2.14 bits per heavy atom. The van der Waals surface area contributed by atoms with E-state index in [4.69, 9.17) is 15.0 Å². The lowest BCUT2D eigenvalue weighted by molar-refractivity contribution is 0.0348. The van der Waals surface area contributed by atoms with Crippen LogP contribution in [0.4, 0.5) is 0 Å². The average molecular weight is 289 g/mol. The largest absolute Gasteiger partial charge is 0.379 e. The Labute approximate surface area is 123 Å². The van der Waals surface area contributed by atoms with E-state index in [0.29, 0.717) is 18.3 Å². The van der Waals surface area contributed by atoms with E-state index in [9.17, 15) is 0 Å². The van der Waals surface area contributed by atoms with Gasteiger partial charge in [0.25, 0.3) is 5.89 Å². The van der Waals surface area contributed by atoms with Crippen LogP contribution in [0.25, 0.3) is 11.5 Å². The summed E-state index contributed by atoms with van der Waals surface area (Å²) < 4.78 is 10.6. The molecule has 1 saturated heterocycles. The predicted molar refractivity (Wildman–Crippen MR) is 76.5 cm³/mol. The first-order valence-electron chi connectivity index (χ1n) is 7.04. The molecule has 0 bridgehead atoms.